The number of nitrogens with zero attached hydrogens (tertiary/aromatic N) is 2. The maximum absolute atomic E-state index is 12.3. The molecule has 0 aliphatic carbocycles. The van der Waals surface area contributed by atoms with Crippen molar-refractivity contribution in [1.82, 2.24) is 9.97 Å². The minimum atomic E-state index is -0.310. The molecule has 0 atom stereocenters. The number of anilines is 2. The second-order valence-corrected chi connectivity index (χ2v) is 8.89. The Morgan fingerprint density at radius 3 is 2.48 bits per heavy atom. The van der Waals surface area contributed by atoms with Gasteiger partial charge in [-0.2, -0.15) is 0 Å². The number of aromatic nitrogens is 2. The quantitative estimate of drug-likeness (QED) is 0.384. The maximum atomic E-state index is 12.3. The number of rotatable bonds is 6. The molecule has 9 heteroatoms. The first-order valence-corrected chi connectivity index (χ1v) is 11.0. The van der Waals surface area contributed by atoms with Crippen molar-refractivity contribution in [2.75, 3.05) is 24.9 Å². The number of methoxy groups -OCH3 is 2. The maximum Gasteiger partial charge on any atom is 0.324 e. The summed E-state index contributed by atoms with van der Waals surface area (Å²) in [5.41, 5.74) is 2.67. The molecule has 0 aliphatic rings. The van der Waals surface area contributed by atoms with Crippen molar-refractivity contribution in [2.24, 2.45) is 0 Å². The predicted octanol–water partition coefficient (Wildman–Crippen LogP) is 5.81. The largest absolute Gasteiger partial charge is 0.493 e. The van der Waals surface area contributed by atoms with Gasteiger partial charge in [0.15, 0.2) is 15.8 Å². The molecule has 0 saturated heterocycles. The molecule has 2 aromatic heterocycles. The summed E-state index contributed by atoms with van der Waals surface area (Å²) in [6.45, 7) is 2.00. The lowest BCUT2D eigenvalue weighted by Gasteiger charge is -2.10. The molecule has 0 spiro atoms. The average molecular weight is 453 g/mol. The summed E-state index contributed by atoms with van der Waals surface area (Å²) in [6, 6.07) is 13.0. The van der Waals surface area contributed by atoms with E-state index >= 15 is 0 Å². The molecule has 2 amide bonds. The summed E-state index contributed by atoms with van der Waals surface area (Å²) in [4.78, 5) is 22.1. The first-order valence-electron chi connectivity index (χ1n) is 9.35. The molecule has 0 bridgehead atoms. The van der Waals surface area contributed by atoms with Crippen molar-refractivity contribution in [1.29, 1.82) is 0 Å². The number of aryl methyl sites for hydroxylation is 1. The molecule has 0 radical (unpaired) electrons. The van der Waals surface area contributed by atoms with Crippen LogP contribution in [-0.2, 0) is 0 Å². The number of hydrogen-bond donors (Lipinski definition) is 2. The third-order valence-electron chi connectivity index (χ3n) is 4.43. The van der Waals surface area contributed by atoms with Gasteiger partial charge in [0.1, 0.15) is 5.00 Å². The summed E-state index contributed by atoms with van der Waals surface area (Å²) in [5.74, 6) is 1.27. The third-order valence-corrected chi connectivity index (χ3v) is 6.50. The normalized spacial score (nSPS) is 10.7. The van der Waals surface area contributed by atoms with Crippen LogP contribution in [-0.4, -0.2) is 30.2 Å². The minimum absolute atomic E-state index is 0.310. The lowest BCUT2D eigenvalue weighted by molar-refractivity contribution is 0.262. The Kier molecular flexibility index (Phi) is 6.24. The van der Waals surface area contributed by atoms with E-state index in [2.05, 4.69) is 20.6 Å². The second-order valence-electron chi connectivity index (χ2n) is 6.57. The van der Waals surface area contributed by atoms with Gasteiger partial charge in [0, 0.05) is 28.2 Å². The second kappa shape index (κ2) is 9.23. The number of pyridine rings is 1. The Morgan fingerprint density at radius 2 is 1.74 bits per heavy atom. The van der Waals surface area contributed by atoms with Gasteiger partial charge in [-0.3, -0.25) is 10.3 Å². The zero-order valence-corrected chi connectivity index (χ0v) is 18.8. The van der Waals surface area contributed by atoms with E-state index in [1.165, 1.54) is 23.1 Å². The van der Waals surface area contributed by atoms with Crippen LogP contribution in [0.2, 0.25) is 0 Å². The Balaban J connectivity index is 1.49. The van der Waals surface area contributed by atoms with Crippen LogP contribution >= 0.6 is 23.1 Å². The van der Waals surface area contributed by atoms with Gasteiger partial charge in [-0.05, 0) is 31.2 Å². The number of ether oxygens (including phenoxy) is 2. The van der Waals surface area contributed by atoms with Crippen LogP contribution in [0.5, 0.6) is 11.5 Å². The van der Waals surface area contributed by atoms with E-state index in [9.17, 15) is 4.79 Å². The molecular weight excluding hydrogens is 432 g/mol. The van der Waals surface area contributed by atoms with Crippen molar-refractivity contribution in [3.05, 3.63) is 60.4 Å². The fraction of sp³-hybridized carbons (Fsp3) is 0.136. The van der Waals surface area contributed by atoms with Gasteiger partial charge < -0.3 is 14.8 Å². The highest BCUT2D eigenvalue weighted by Gasteiger charge is 2.13. The topological polar surface area (TPSA) is 85.4 Å². The van der Waals surface area contributed by atoms with Gasteiger partial charge in [0.05, 0.1) is 25.9 Å². The standard InChI is InChI=1S/C22H20N4O3S2/c1-13-4-6-14(7-5-13)25-21(27)26-20-12-24-22(31-20)30-19-8-9-23-16-11-18(29-3)17(28-2)10-15(16)19/h4-12H,1-3H3,(H2,25,26,27). The monoisotopic (exact) mass is 452 g/mol. The number of thiazole rings is 1. The molecule has 0 unspecified atom stereocenters. The Morgan fingerprint density at radius 1 is 1.00 bits per heavy atom. The summed E-state index contributed by atoms with van der Waals surface area (Å²) >= 11 is 2.90. The van der Waals surface area contributed by atoms with E-state index in [-0.39, 0.29) is 6.03 Å². The molecule has 0 aliphatic heterocycles. The highest BCUT2D eigenvalue weighted by molar-refractivity contribution is 8.01. The number of amides is 2. The Bertz CT molecular complexity index is 1230. The summed E-state index contributed by atoms with van der Waals surface area (Å²) in [5, 5.41) is 7.23. The fourth-order valence-electron chi connectivity index (χ4n) is 2.90. The van der Waals surface area contributed by atoms with Crippen LogP contribution in [0.4, 0.5) is 15.5 Å². The predicted molar refractivity (Wildman–Crippen MR) is 125 cm³/mol. The van der Waals surface area contributed by atoms with Crippen LogP contribution < -0.4 is 20.1 Å². The van der Waals surface area contributed by atoms with E-state index in [4.69, 9.17) is 9.47 Å². The van der Waals surface area contributed by atoms with E-state index < -0.39 is 0 Å². The number of nitrogens with one attached hydrogen (secondary N) is 2. The lowest BCUT2D eigenvalue weighted by atomic mass is 10.2. The number of hydrogen-bond acceptors (Lipinski definition) is 7. The highest BCUT2D eigenvalue weighted by atomic mass is 32.2. The summed E-state index contributed by atoms with van der Waals surface area (Å²) in [6.07, 6.45) is 3.40. The van der Waals surface area contributed by atoms with Gasteiger partial charge in [-0.1, -0.05) is 40.8 Å². The Hall–Kier alpha value is -3.30. The van der Waals surface area contributed by atoms with E-state index in [0.717, 1.165) is 31.4 Å². The zero-order chi connectivity index (χ0) is 21.8. The molecule has 4 rings (SSSR count). The molecule has 4 aromatic rings. The van der Waals surface area contributed by atoms with Crippen molar-refractivity contribution in [3.63, 3.8) is 0 Å². The minimum Gasteiger partial charge on any atom is -0.493 e. The molecule has 158 valence electrons. The van der Waals surface area contributed by atoms with Crippen molar-refractivity contribution in [2.45, 2.75) is 16.2 Å². The zero-order valence-electron chi connectivity index (χ0n) is 17.1. The first kappa shape index (κ1) is 21.0. The van der Waals surface area contributed by atoms with Crippen molar-refractivity contribution >= 4 is 50.7 Å². The molecule has 0 fully saturated rings. The first-order chi connectivity index (χ1) is 15.1. The van der Waals surface area contributed by atoms with Crippen LogP contribution in [0.15, 0.2) is 64.1 Å². The van der Waals surface area contributed by atoms with Crippen LogP contribution in [0, 0.1) is 6.92 Å². The number of carbonyl (C=O) groups excluding carboxylic acids is 1. The number of urea groups is 1. The fourth-order valence-corrected chi connectivity index (χ4v) is 4.85. The third kappa shape index (κ3) is 4.89. The van der Waals surface area contributed by atoms with Crippen molar-refractivity contribution < 1.29 is 14.3 Å². The molecular formula is C22H20N4O3S2. The number of fused-ring (bicyclic) bond motifs is 1. The molecule has 2 aromatic carbocycles. The average Bonchev–Trinajstić information content (AvgIpc) is 3.21. The van der Waals surface area contributed by atoms with Crippen LogP contribution in [0.25, 0.3) is 10.9 Å². The molecule has 7 nitrogen and oxygen atoms in total. The van der Waals surface area contributed by atoms with Gasteiger partial charge in [0.2, 0.25) is 0 Å². The number of benzene rings is 2. The van der Waals surface area contributed by atoms with E-state index in [0.29, 0.717) is 16.5 Å². The molecule has 2 heterocycles. The SMILES string of the molecule is COc1cc2nccc(Sc3ncc(NC(=O)Nc4ccc(C)cc4)s3)c2cc1OC. The van der Waals surface area contributed by atoms with E-state index in [1.54, 1.807) is 26.6 Å². The summed E-state index contributed by atoms with van der Waals surface area (Å²) < 4.78 is 11.6. The highest BCUT2D eigenvalue weighted by Crippen LogP contribution is 2.40. The van der Waals surface area contributed by atoms with Crippen LogP contribution in [0.3, 0.4) is 0 Å². The van der Waals surface area contributed by atoms with Gasteiger partial charge in [-0.25, -0.2) is 9.78 Å². The van der Waals surface area contributed by atoms with Gasteiger partial charge in [-0.15, -0.1) is 0 Å². The number of carbonyl (C=O) groups is 1. The molecule has 2 N–H and O–H groups in total. The van der Waals surface area contributed by atoms with Crippen LogP contribution in [0.1, 0.15) is 5.56 Å². The summed E-state index contributed by atoms with van der Waals surface area (Å²) in [7, 11) is 3.20. The molecule has 31 heavy (non-hydrogen) atoms. The van der Waals surface area contributed by atoms with Gasteiger partial charge >= 0.3 is 6.03 Å². The molecule has 0 saturated carbocycles. The van der Waals surface area contributed by atoms with Gasteiger partial charge in [0.25, 0.3) is 0 Å². The smallest absolute Gasteiger partial charge is 0.324 e. The lowest BCUT2D eigenvalue weighted by Crippen LogP contribution is -2.18. The Labute approximate surface area is 187 Å². The van der Waals surface area contributed by atoms with Crippen molar-refractivity contribution in [3.8, 4) is 11.5 Å². The van der Waals surface area contributed by atoms with E-state index in [1.807, 2.05) is 49.4 Å².